The van der Waals surface area contributed by atoms with E-state index in [0.29, 0.717) is 0 Å². The Balaban J connectivity index is 3.12. The van der Waals surface area contributed by atoms with Crippen molar-refractivity contribution in [2.45, 2.75) is 40.2 Å². The van der Waals surface area contributed by atoms with E-state index in [9.17, 15) is 0 Å². The minimum absolute atomic E-state index is 0.125. The Morgan fingerprint density at radius 1 is 1.27 bits per heavy atom. The number of benzene rings is 1. The zero-order valence-corrected chi connectivity index (χ0v) is 10.2. The Morgan fingerprint density at radius 2 is 1.87 bits per heavy atom. The zero-order chi connectivity index (χ0) is 11.5. The fraction of sp³-hybridized carbons (Fsp3) is 0.538. The SMILES string of the molecule is CCc1ccccc1C(NN)C(C)(C)C. The number of hydrazine groups is 1. The van der Waals surface area contributed by atoms with Crippen LogP contribution < -0.4 is 11.3 Å². The molecular formula is C13H22N2. The lowest BCUT2D eigenvalue weighted by Crippen LogP contribution is -2.37. The smallest absolute Gasteiger partial charge is 0.0511 e. The van der Waals surface area contributed by atoms with E-state index in [2.05, 4.69) is 57.4 Å². The van der Waals surface area contributed by atoms with E-state index < -0.39 is 0 Å². The van der Waals surface area contributed by atoms with Crippen LogP contribution in [0.5, 0.6) is 0 Å². The fourth-order valence-electron chi connectivity index (χ4n) is 1.94. The minimum atomic E-state index is 0.125. The number of aryl methyl sites for hydroxylation is 1. The number of nitrogens with two attached hydrogens (primary N) is 1. The number of hydrogen-bond acceptors (Lipinski definition) is 2. The highest BCUT2D eigenvalue weighted by Gasteiger charge is 2.26. The van der Waals surface area contributed by atoms with Gasteiger partial charge in [0.15, 0.2) is 0 Å². The van der Waals surface area contributed by atoms with Gasteiger partial charge in [0.1, 0.15) is 0 Å². The molecule has 1 atom stereocenters. The highest BCUT2D eigenvalue weighted by molar-refractivity contribution is 5.31. The third-order valence-corrected chi connectivity index (χ3v) is 2.78. The average molecular weight is 206 g/mol. The monoisotopic (exact) mass is 206 g/mol. The topological polar surface area (TPSA) is 38.0 Å². The molecule has 2 nitrogen and oxygen atoms in total. The Labute approximate surface area is 92.8 Å². The molecule has 0 saturated carbocycles. The van der Waals surface area contributed by atoms with Gasteiger partial charge in [-0.1, -0.05) is 52.0 Å². The van der Waals surface area contributed by atoms with Gasteiger partial charge < -0.3 is 0 Å². The molecule has 0 aliphatic carbocycles. The normalized spacial score (nSPS) is 13.9. The predicted octanol–water partition coefficient (Wildman–Crippen LogP) is 2.80. The highest BCUT2D eigenvalue weighted by Crippen LogP contribution is 2.33. The molecule has 0 spiro atoms. The van der Waals surface area contributed by atoms with Gasteiger partial charge in [-0.05, 0) is 23.0 Å². The average Bonchev–Trinajstić information content (AvgIpc) is 2.17. The molecule has 15 heavy (non-hydrogen) atoms. The third-order valence-electron chi connectivity index (χ3n) is 2.78. The quantitative estimate of drug-likeness (QED) is 0.589. The Kier molecular flexibility index (Phi) is 3.89. The van der Waals surface area contributed by atoms with Gasteiger partial charge in [0, 0.05) is 0 Å². The maximum absolute atomic E-state index is 5.66. The minimum Gasteiger partial charge on any atom is -0.271 e. The van der Waals surface area contributed by atoms with Gasteiger partial charge in [-0.3, -0.25) is 11.3 Å². The van der Waals surface area contributed by atoms with Crippen LogP contribution in [0.25, 0.3) is 0 Å². The molecule has 1 aromatic rings. The Morgan fingerprint density at radius 3 is 2.33 bits per heavy atom. The lowest BCUT2D eigenvalue weighted by molar-refractivity contribution is 0.274. The summed E-state index contributed by atoms with van der Waals surface area (Å²) >= 11 is 0. The first-order valence-electron chi connectivity index (χ1n) is 5.54. The van der Waals surface area contributed by atoms with Crippen molar-refractivity contribution in [3.8, 4) is 0 Å². The summed E-state index contributed by atoms with van der Waals surface area (Å²) in [4.78, 5) is 0. The van der Waals surface area contributed by atoms with Crippen molar-refractivity contribution in [1.82, 2.24) is 5.43 Å². The van der Waals surface area contributed by atoms with Crippen molar-refractivity contribution < 1.29 is 0 Å². The molecule has 0 amide bonds. The first kappa shape index (κ1) is 12.2. The van der Waals surface area contributed by atoms with Crippen LogP contribution in [0.1, 0.15) is 44.9 Å². The molecule has 1 unspecified atom stereocenters. The first-order chi connectivity index (χ1) is 7.00. The van der Waals surface area contributed by atoms with E-state index in [1.54, 1.807) is 0 Å². The standard InChI is InChI=1S/C13H22N2/c1-5-10-8-6-7-9-11(10)12(15-14)13(2,3)4/h6-9,12,15H,5,14H2,1-4H3. The fourth-order valence-corrected chi connectivity index (χ4v) is 1.94. The van der Waals surface area contributed by atoms with Crippen molar-refractivity contribution in [3.63, 3.8) is 0 Å². The van der Waals surface area contributed by atoms with Crippen LogP contribution in [0.4, 0.5) is 0 Å². The molecule has 0 aliphatic heterocycles. The van der Waals surface area contributed by atoms with E-state index in [4.69, 9.17) is 5.84 Å². The molecule has 0 radical (unpaired) electrons. The van der Waals surface area contributed by atoms with Crippen LogP contribution >= 0.6 is 0 Å². The summed E-state index contributed by atoms with van der Waals surface area (Å²) in [5.74, 6) is 5.66. The number of hydrogen-bond donors (Lipinski definition) is 2. The van der Waals surface area contributed by atoms with Crippen LogP contribution in [0.3, 0.4) is 0 Å². The number of nitrogens with one attached hydrogen (secondary N) is 1. The van der Waals surface area contributed by atoms with Crippen molar-refractivity contribution in [2.75, 3.05) is 0 Å². The summed E-state index contributed by atoms with van der Waals surface area (Å²) < 4.78 is 0. The molecule has 0 saturated heterocycles. The van der Waals surface area contributed by atoms with Gasteiger partial charge in [-0.2, -0.15) is 0 Å². The lowest BCUT2D eigenvalue weighted by atomic mass is 9.81. The van der Waals surface area contributed by atoms with Crippen molar-refractivity contribution in [1.29, 1.82) is 0 Å². The van der Waals surface area contributed by atoms with Crippen LogP contribution in [0.15, 0.2) is 24.3 Å². The molecule has 1 rings (SSSR count). The van der Waals surface area contributed by atoms with E-state index >= 15 is 0 Å². The molecular weight excluding hydrogens is 184 g/mol. The molecule has 0 aromatic heterocycles. The lowest BCUT2D eigenvalue weighted by Gasteiger charge is -2.31. The zero-order valence-electron chi connectivity index (χ0n) is 10.2. The second kappa shape index (κ2) is 4.77. The Bertz CT molecular complexity index is 313. The first-order valence-corrected chi connectivity index (χ1v) is 5.54. The van der Waals surface area contributed by atoms with Crippen LogP contribution in [-0.2, 0) is 6.42 Å². The van der Waals surface area contributed by atoms with E-state index in [-0.39, 0.29) is 11.5 Å². The van der Waals surface area contributed by atoms with Gasteiger partial charge in [-0.15, -0.1) is 0 Å². The molecule has 0 aliphatic rings. The molecule has 0 heterocycles. The van der Waals surface area contributed by atoms with Crippen LogP contribution in [0.2, 0.25) is 0 Å². The maximum atomic E-state index is 5.66. The summed E-state index contributed by atoms with van der Waals surface area (Å²) in [5.41, 5.74) is 5.74. The maximum Gasteiger partial charge on any atom is 0.0511 e. The third kappa shape index (κ3) is 2.80. The molecule has 0 bridgehead atoms. The Hall–Kier alpha value is -0.860. The largest absolute Gasteiger partial charge is 0.271 e. The summed E-state index contributed by atoms with van der Waals surface area (Å²) in [6.45, 7) is 8.77. The van der Waals surface area contributed by atoms with Gasteiger partial charge in [0.05, 0.1) is 6.04 Å². The second-order valence-electron chi connectivity index (χ2n) is 5.02. The van der Waals surface area contributed by atoms with Crippen molar-refractivity contribution in [2.24, 2.45) is 11.3 Å². The highest BCUT2D eigenvalue weighted by atomic mass is 15.2. The van der Waals surface area contributed by atoms with E-state index in [0.717, 1.165) is 6.42 Å². The van der Waals surface area contributed by atoms with Crippen LogP contribution in [0, 0.1) is 5.41 Å². The van der Waals surface area contributed by atoms with Crippen molar-refractivity contribution in [3.05, 3.63) is 35.4 Å². The van der Waals surface area contributed by atoms with E-state index in [1.165, 1.54) is 11.1 Å². The second-order valence-corrected chi connectivity index (χ2v) is 5.02. The summed E-state index contributed by atoms with van der Waals surface area (Å²) in [7, 11) is 0. The predicted molar refractivity (Wildman–Crippen MR) is 65.3 cm³/mol. The van der Waals surface area contributed by atoms with Gasteiger partial charge in [0.2, 0.25) is 0 Å². The summed E-state index contributed by atoms with van der Waals surface area (Å²) in [6, 6.07) is 8.69. The summed E-state index contributed by atoms with van der Waals surface area (Å²) in [5, 5.41) is 0. The van der Waals surface area contributed by atoms with Crippen LogP contribution in [-0.4, -0.2) is 0 Å². The van der Waals surface area contributed by atoms with Gasteiger partial charge in [-0.25, -0.2) is 0 Å². The van der Waals surface area contributed by atoms with E-state index in [1.807, 2.05) is 0 Å². The molecule has 0 fully saturated rings. The van der Waals surface area contributed by atoms with Crippen molar-refractivity contribution >= 4 is 0 Å². The summed E-state index contributed by atoms with van der Waals surface area (Å²) in [6.07, 6.45) is 1.05. The number of rotatable bonds is 3. The van der Waals surface area contributed by atoms with Gasteiger partial charge in [0.25, 0.3) is 0 Å². The molecule has 3 N–H and O–H groups in total. The molecule has 84 valence electrons. The molecule has 2 heteroatoms. The molecule has 1 aromatic carbocycles. The van der Waals surface area contributed by atoms with Gasteiger partial charge >= 0.3 is 0 Å².